The Kier molecular flexibility index (Phi) is 5.19. The Labute approximate surface area is 171 Å². The molecule has 0 fully saturated rings. The van der Waals surface area contributed by atoms with Crippen LogP contribution in [0.2, 0.25) is 16.6 Å². The second-order valence-electron chi connectivity index (χ2n) is 8.55. The molecule has 3 aromatic heterocycles. The molecule has 1 N–H and O–H groups in total. The molecule has 3 aromatic rings. The lowest BCUT2D eigenvalue weighted by atomic mass is 10.5. The van der Waals surface area contributed by atoms with Gasteiger partial charge in [0.05, 0.1) is 0 Å². The van der Waals surface area contributed by atoms with Crippen LogP contribution in [0, 0.1) is 0 Å². The maximum Gasteiger partial charge on any atom is 0.301 e. The molecule has 0 aromatic carbocycles. The zero-order chi connectivity index (χ0) is 21.9. The lowest BCUT2D eigenvalue weighted by Crippen LogP contribution is -2.50. The number of sulfone groups is 1. The van der Waals surface area contributed by atoms with Crippen LogP contribution in [-0.2, 0) is 16.9 Å². The van der Waals surface area contributed by atoms with E-state index in [1.54, 1.807) is 17.6 Å². The van der Waals surface area contributed by atoms with Gasteiger partial charge in [0.15, 0.2) is 22.7 Å². The van der Waals surface area contributed by atoms with E-state index in [-0.39, 0.29) is 10.7 Å². The van der Waals surface area contributed by atoms with Gasteiger partial charge < -0.3 is 8.99 Å². The van der Waals surface area contributed by atoms with Gasteiger partial charge in [0.2, 0.25) is 15.0 Å². The molecule has 0 atom stereocenters. The predicted molar refractivity (Wildman–Crippen MR) is 115 cm³/mol. The molecular weight excluding hydrogens is 410 g/mol. The van der Waals surface area contributed by atoms with E-state index in [1.165, 1.54) is 4.57 Å². The molecule has 9 nitrogen and oxygen atoms in total. The van der Waals surface area contributed by atoms with Crippen molar-refractivity contribution in [2.24, 2.45) is 7.05 Å². The topological polar surface area (TPSA) is 111 Å². The van der Waals surface area contributed by atoms with Crippen molar-refractivity contribution in [2.75, 3.05) is 6.26 Å². The van der Waals surface area contributed by atoms with E-state index in [2.05, 4.69) is 56.6 Å². The van der Waals surface area contributed by atoms with Gasteiger partial charge >= 0.3 is 5.56 Å². The number of rotatable bonds is 6. The highest BCUT2D eigenvalue weighted by molar-refractivity contribution is 7.90. The molecule has 0 spiro atoms. The second kappa shape index (κ2) is 6.98. The van der Waals surface area contributed by atoms with Crippen molar-refractivity contribution >= 4 is 35.0 Å². The van der Waals surface area contributed by atoms with Crippen LogP contribution in [0.1, 0.15) is 41.5 Å². The SMILES string of the molecule is CC(C)[Si](Oc1cc2nc(=O)c3nc(S(C)(=O)=O)n(C)c3n2[nH]1)(C(C)C)C(C)C. The van der Waals surface area contributed by atoms with Crippen molar-refractivity contribution in [3.8, 4) is 5.88 Å². The number of imidazole rings is 1. The number of fused-ring (bicyclic) bond motifs is 3. The van der Waals surface area contributed by atoms with Gasteiger partial charge in [0.1, 0.15) is 0 Å². The summed E-state index contributed by atoms with van der Waals surface area (Å²) in [6.07, 6.45) is 1.06. The molecule has 3 rings (SSSR count). The number of H-pyrrole nitrogens is 1. The van der Waals surface area contributed by atoms with Gasteiger partial charge in [-0.25, -0.2) is 17.9 Å². The zero-order valence-corrected chi connectivity index (χ0v) is 20.0. The predicted octanol–water partition coefficient (Wildman–Crippen LogP) is 2.87. The molecule has 3 heterocycles. The van der Waals surface area contributed by atoms with Gasteiger partial charge in [-0.1, -0.05) is 41.5 Å². The molecule has 11 heteroatoms. The van der Waals surface area contributed by atoms with E-state index >= 15 is 0 Å². The number of hydrogen-bond acceptors (Lipinski definition) is 6. The lowest BCUT2D eigenvalue weighted by molar-refractivity contribution is 0.461. The van der Waals surface area contributed by atoms with Crippen LogP contribution in [0.4, 0.5) is 0 Å². The molecular formula is C18H29N5O4SSi. The molecule has 29 heavy (non-hydrogen) atoms. The Hall–Kier alpha value is -2.14. The number of hydrogen-bond donors (Lipinski definition) is 1. The van der Waals surface area contributed by atoms with Crippen LogP contribution in [0.15, 0.2) is 16.0 Å². The van der Waals surface area contributed by atoms with Crippen LogP contribution >= 0.6 is 0 Å². The minimum atomic E-state index is -3.60. The smallest absolute Gasteiger partial charge is 0.301 e. The fourth-order valence-electron chi connectivity index (χ4n) is 4.58. The third kappa shape index (κ3) is 3.29. The highest BCUT2D eigenvalue weighted by Crippen LogP contribution is 2.42. The summed E-state index contributed by atoms with van der Waals surface area (Å²) in [6.45, 7) is 13.1. The van der Waals surface area contributed by atoms with Gasteiger partial charge in [-0.05, 0) is 16.6 Å². The first-order valence-electron chi connectivity index (χ1n) is 9.68. The molecule has 0 aliphatic carbocycles. The van der Waals surface area contributed by atoms with Crippen molar-refractivity contribution in [3.05, 3.63) is 16.4 Å². The summed E-state index contributed by atoms with van der Waals surface area (Å²) < 4.78 is 33.7. The van der Waals surface area contributed by atoms with E-state index in [4.69, 9.17) is 4.43 Å². The summed E-state index contributed by atoms with van der Waals surface area (Å²) in [5.41, 5.74) is 1.23. The monoisotopic (exact) mass is 439 g/mol. The molecule has 0 saturated heterocycles. The molecule has 0 amide bonds. The normalized spacial score (nSPS) is 13.5. The molecule has 0 saturated carbocycles. The van der Waals surface area contributed by atoms with Gasteiger partial charge in [0, 0.05) is 19.4 Å². The zero-order valence-electron chi connectivity index (χ0n) is 18.1. The molecule has 0 aliphatic heterocycles. The third-order valence-corrected chi connectivity index (χ3v) is 12.7. The number of aromatic amines is 1. The van der Waals surface area contributed by atoms with Crippen LogP contribution in [0.5, 0.6) is 5.88 Å². The minimum Gasteiger partial charge on any atom is -0.530 e. The fraction of sp³-hybridized carbons (Fsp3) is 0.611. The van der Waals surface area contributed by atoms with Gasteiger partial charge in [-0.2, -0.15) is 4.98 Å². The summed E-state index contributed by atoms with van der Waals surface area (Å²) in [5, 5.41) is 2.98. The number of aromatic nitrogens is 5. The number of nitrogens with zero attached hydrogens (tertiary/aromatic N) is 4. The summed E-state index contributed by atoms with van der Waals surface area (Å²) in [5.74, 6) is 0.522. The average molecular weight is 440 g/mol. The van der Waals surface area contributed by atoms with Crippen LogP contribution in [-0.4, -0.2) is 47.1 Å². The van der Waals surface area contributed by atoms with Gasteiger partial charge in [0.25, 0.3) is 8.32 Å². The summed E-state index contributed by atoms with van der Waals surface area (Å²) in [6, 6.07) is 1.70. The molecule has 0 radical (unpaired) electrons. The van der Waals surface area contributed by atoms with Gasteiger partial charge in [-0.3, -0.25) is 9.89 Å². The van der Waals surface area contributed by atoms with Crippen LogP contribution < -0.4 is 9.99 Å². The Morgan fingerprint density at radius 1 is 1.07 bits per heavy atom. The van der Waals surface area contributed by atoms with Crippen LogP contribution in [0.25, 0.3) is 16.8 Å². The van der Waals surface area contributed by atoms with E-state index in [9.17, 15) is 13.2 Å². The van der Waals surface area contributed by atoms with E-state index in [1.807, 2.05) is 0 Å². The first-order valence-corrected chi connectivity index (χ1v) is 13.7. The van der Waals surface area contributed by atoms with Crippen molar-refractivity contribution in [3.63, 3.8) is 0 Å². The van der Waals surface area contributed by atoms with E-state index in [0.29, 0.717) is 33.8 Å². The van der Waals surface area contributed by atoms with Gasteiger partial charge in [-0.15, -0.1) is 0 Å². The van der Waals surface area contributed by atoms with Crippen molar-refractivity contribution in [2.45, 2.75) is 63.3 Å². The quantitative estimate of drug-likeness (QED) is 0.591. The number of nitrogens with one attached hydrogen (secondary N) is 1. The fourth-order valence-corrected chi connectivity index (χ4v) is 10.6. The lowest BCUT2D eigenvalue weighted by Gasteiger charge is -2.41. The highest BCUT2D eigenvalue weighted by Gasteiger charge is 2.47. The Bertz CT molecular complexity index is 1210. The van der Waals surface area contributed by atoms with E-state index < -0.39 is 23.7 Å². The van der Waals surface area contributed by atoms with Crippen LogP contribution in [0.3, 0.4) is 0 Å². The average Bonchev–Trinajstić information content (AvgIpc) is 3.12. The molecule has 0 aliphatic rings. The molecule has 160 valence electrons. The maximum atomic E-state index is 12.5. The Morgan fingerprint density at radius 2 is 1.62 bits per heavy atom. The standard InChI is InChI=1S/C18H29N5O4SSi/c1-10(2)29(11(3)4,12(5)6)27-14-9-13-19-16(24)15-17(23(13)21-14)22(7)18(20-15)28(8,25)26/h9-12,21H,1-8H3. The summed E-state index contributed by atoms with van der Waals surface area (Å²) >= 11 is 0. The summed E-state index contributed by atoms with van der Waals surface area (Å²) in [4.78, 5) is 20.6. The molecule has 0 bridgehead atoms. The second-order valence-corrected chi connectivity index (χ2v) is 15.8. The first kappa shape index (κ1) is 21.6. The Balaban J connectivity index is 2.27. The first-order chi connectivity index (χ1) is 13.3. The molecule has 0 unspecified atom stereocenters. The highest BCUT2D eigenvalue weighted by atomic mass is 32.2. The Morgan fingerprint density at radius 3 is 2.10 bits per heavy atom. The summed E-state index contributed by atoms with van der Waals surface area (Å²) in [7, 11) is -4.26. The van der Waals surface area contributed by atoms with E-state index in [0.717, 1.165) is 6.26 Å². The number of aryl methyl sites for hydroxylation is 1. The third-order valence-electron chi connectivity index (χ3n) is 5.69. The minimum absolute atomic E-state index is 0.00101. The largest absolute Gasteiger partial charge is 0.530 e. The van der Waals surface area contributed by atoms with Crippen molar-refractivity contribution in [1.82, 2.24) is 24.1 Å². The van der Waals surface area contributed by atoms with Crippen molar-refractivity contribution in [1.29, 1.82) is 0 Å². The van der Waals surface area contributed by atoms with Crippen molar-refractivity contribution < 1.29 is 12.8 Å². The maximum absolute atomic E-state index is 12.5.